The van der Waals surface area contributed by atoms with E-state index in [1.807, 2.05) is 39.0 Å². The van der Waals surface area contributed by atoms with E-state index in [1.54, 1.807) is 0 Å². The van der Waals surface area contributed by atoms with Gasteiger partial charge in [0.1, 0.15) is 0 Å². The third-order valence-electron chi connectivity index (χ3n) is 3.28. The second-order valence-electron chi connectivity index (χ2n) is 5.96. The van der Waals surface area contributed by atoms with Crippen molar-refractivity contribution in [1.82, 2.24) is 0 Å². The first-order valence-corrected chi connectivity index (χ1v) is 6.33. The Morgan fingerprint density at radius 1 is 1.28 bits per heavy atom. The average molecular weight is 248 g/mol. The molecule has 1 N–H and O–H groups in total. The summed E-state index contributed by atoms with van der Waals surface area (Å²) in [5, 5.41) is 9.55. The molecule has 0 saturated carbocycles. The Morgan fingerprint density at radius 3 is 2.44 bits per heavy atom. The fourth-order valence-electron chi connectivity index (χ4n) is 2.61. The summed E-state index contributed by atoms with van der Waals surface area (Å²) < 4.78 is 5.89. The third kappa shape index (κ3) is 2.56. The minimum Gasteiger partial charge on any atom is -0.479 e. The van der Waals surface area contributed by atoms with Gasteiger partial charge in [0.25, 0.3) is 0 Å². The van der Waals surface area contributed by atoms with Crippen molar-refractivity contribution < 1.29 is 14.6 Å². The Labute approximate surface area is 108 Å². The zero-order valence-electron chi connectivity index (χ0n) is 11.2. The average Bonchev–Trinajstić information content (AvgIpc) is 2.26. The van der Waals surface area contributed by atoms with E-state index >= 15 is 0 Å². The number of ether oxygens (including phenoxy) is 1. The molecule has 3 nitrogen and oxygen atoms in total. The maximum atomic E-state index is 11.6. The van der Waals surface area contributed by atoms with Gasteiger partial charge in [-0.05, 0) is 44.7 Å². The fourth-order valence-corrected chi connectivity index (χ4v) is 2.61. The van der Waals surface area contributed by atoms with Crippen LogP contribution in [0.15, 0.2) is 24.3 Å². The van der Waals surface area contributed by atoms with Gasteiger partial charge in [0, 0.05) is 6.42 Å². The first-order chi connectivity index (χ1) is 8.32. The molecule has 0 aliphatic heterocycles. The van der Waals surface area contributed by atoms with Crippen LogP contribution in [0.3, 0.4) is 0 Å². The molecular weight excluding hydrogens is 228 g/mol. The van der Waals surface area contributed by atoms with Crippen molar-refractivity contribution in [2.75, 3.05) is 0 Å². The molecule has 3 heteroatoms. The highest BCUT2D eigenvalue weighted by Gasteiger charge is 2.45. The Morgan fingerprint density at radius 2 is 1.89 bits per heavy atom. The first kappa shape index (κ1) is 13.1. The fraction of sp³-hybridized carbons (Fsp3) is 0.533. The second-order valence-corrected chi connectivity index (χ2v) is 5.96. The van der Waals surface area contributed by atoms with E-state index in [0.29, 0.717) is 12.8 Å². The van der Waals surface area contributed by atoms with Gasteiger partial charge in [-0.2, -0.15) is 0 Å². The lowest BCUT2D eigenvalue weighted by Crippen LogP contribution is -2.50. The van der Waals surface area contributed by atoms with Crippen molar-refractivity contribution >= 4 is 5.97 Å². The van der Waals surface area contributed by atoms with Gasteiger partial charge in [-0.15, -0.1) is 0 Å². The molecule has 2 rings (SSSR count). The van der Waals surface area contributed by atoms with Crippen LogP contribution in [0.5, 0.6) is 0 Å². The molecule has 0 amide bonds. The first-order valence-electron chi connectivity index (χ1n) is 6.33. The van der Waals surface area contributed by atoms with Crippen LogP contribution in [-0.2, 0) is 22.4 Å². The summed E-state index contributed by atoms with van der Waals surface area (Å²) >= 11 is 0. The minimum atomic E-state index is -1.08. The molecule has 1 aromatic rings. The molecule has 0 spiro atoms. The second kappa shape index (κ2) is 4.39. The molecule has 1 unspecified atom stereocenters. The molecule has 1 aromatic carbocycles. The normalized spacial score (nSPS) is 23.5. The number of carbonyl (C=O) groups is 1. The Bertz CT molecular complexity index is 459. The molecular formula is C15H20O3. The van der Waals surface area contributed by atoms with E-state index < -0.39 is 17.2 Å². The Kier molecular flexibility index (Phi) is 3.20. The molecule has 1 aliphatic rings. The minimum absolute atomic E-state index is 0.454. The van der Waals surface area contributed by atoms with Crippen molar-refractivity contribution in [3.8, 4) is 0 Å². The largest absolute Gasteiger partial charge is 0.479 e. The van der Waals surface area contributed by atoms with Gasteiger partial charge in [-0.1, -0.05) is 24.3 Å². The lowest BCUT2D eigenvalue weighted by atomic mass is 9.80. The summed E-state index contributed by atoms with van der Waals surface area (Å²) in [7, 11) is 0. The molecule has 0 aromatic heterocycles. The van der Waals surface area contributed by atoms with Crippen molar-refractivity contribution in [2.24, 2.45) is 0 Å². The highest BCUT2D eigenvalue weighted by molar-refractivity contribution is 5.78. The third-order valence-corrected chi connectivity index (χ3v) is 3.28. The van der Waals surface area contributed by atoms with Gasteiger partial charge < -0.3 is 9.84 Å². The number of hydrogen-bond donors (Lipinski definition) is 1. The number of carboxylic acids is 1. The summed E-state index contributed by atoms with van der Waals surface area (Å²) in [6.45, 7) is 5.70. The van der Waals surface area contributed by atoms with Crippen LogP contribution in [0.25, 0.3) is 0 Å². The Balaban J connectivity index is 2.33. The van der Waals surface area contributed by atoms with E-state index in [-0.39, 0.29) is 0 Å². The van der Waals surface area contributed by atoms with Crippen LogP contribution >= 0.6 is 0 Å². The predicted octanol–water partition coefficient (Wildman–Crippen LogP) is 2.81. The molecule has 1 atom stereocenters. The van der Waals surface area contributed by atoms with Crippen LogP contribution in [0.2, 0.25) is 0 Å². The van der Waals surface area contributed by atoms with Crippen LogP contribution in [0.4, 0.5) is 0 Å². The van der Waals surface area contributed by atoms with Gasteiger partial charge in [0.05, 0.1) is 5.60 Å². The number of carboxylic acid groups (broad SMARTS) is 1. The van der Waals surface area contributed by atoms with Crippen molar-refractivity contribution in [1.29, 1.82) is 0 Å². The lowest BCUT2D eigenvalue weighted by Gasteiger charge is -2.39. The molecule has 0 saturated heterocycles. The van der Waals surface area contributed by atoms with Gasteiger partial charge >= 0.3 is 5.97 Å². The molecule has 1 aliphatic carbocycles. The van der Waals surface area contributed by atoms with Crippen LogP contribution in [0, 0.1) is 0 Å². The summed E-state index contributed by atoms with van der Waals surface area (Å²) in [6.07, 6.45) is 1.75. The zero-order valence-corrected chi connectivity index (χ0v) is 11.2. The lowest BCUT2D eigenvalue weighted by molar-refractivity contribution is -0.187. The standard InChI is InChI=1S/C15H20O3/c1-14(2,3)18-15(13(16)17)9-8-11-6-4-5-7-12(11)10-15/h4-7H,8-10H2,1-3H3,(H,16,17). The van der Waals surface area contributed by atoms with E-state index in [4.69, 9.17) is 4.74 Å². The van der Waals surface area contributed by atoms with Crippen molar-refractivity contribution in [3.63, 3.8) is 0 Å². The number of hydrogen-bond acceptors (Lipinski definition) is 2. The maximum Gasteiger partial charge on any atom is 0.336 e. The number of aryl methyl sites for hydroxylation is 1. The van der Waals surface area contributed by atoms with Gasteiger partial charge in [0.2, 0.25) is 0 Å². The maximum absolute atomic E-state index is 11.6. The van der Waals surface area contributed by atoms with E-state index in [2.05, 4.69) is 6.07 Å². The van der Waals surface area contributed by atoms with E-state index in [1.165, 1.54) is 5.56 Å². The predicted molar refractivity (Wildman–Crippen MR) is 69.7 cm³/mol. The summed E-state index contributed by atoms with van der Waals surface area (Å²) in [4.78, 5) is 11.6. The monoisotopic (exact) mass is 248 g/mol. The number of fused-ring (bicyclic) bond motifs is 1. The van der Waals surface area contributed by atoms with Crippen LogP contribution in [0.1, 0.15) is 38.3 Å². The smallest absolute Gasteiger partial charge is 0.336 e. The van der Waals surface area contributed by atoms with Gasteiger partial charge in [-0.25, -0.2) is 4.79 Å². The topological polar surface area (TPSA) is 46.5 Å². The number of benzene rings is 1. The quantitative estimate of drug-likeness (QED) is 0.875. The molecule has 0 radical (unpaired) electrons. The summed E-state index contributed by atoms with van der Waals surface area (Å²) in [6, 6.07) is 8.02. The van der Waals surface area contributed by atoms with E-state index in [0.717, 1.165) is 12.0 Å². The molecule has 98 valence electrons. The van der Waals surface area contributed by atoms with Gasteiger partial charge in [-0.3, -0.25) is 0 Å². The zero-order chi connectivity index (χ0) is 13.4. The molecule has 0 fully saturated rings. The van der Waals surface area contributed by atoms with Gasteiger partial charge in [0.15, 0.2) is 5.60 Å². The Hall–Kier alpha value is -1.35. The number of aliphatic carboxylic acids is 1. The molecule has 0 heterocycles. The summed E-state index contributed by atoms with van der Waals surface area (Å²) in [5.41, 5.74) is 0.805. The van der Waals surface area contributed by atoms with E-state index in [9.17, 15) is 9.90 Å². The highest BCUT2D eigenvalue weighted by Crippen LogP contribution is 2.35. The number of rotatable bonds is 2. The highest BCUT2D eigenvalue weighted by atomic mass is 16.5. The SMILES string of the molecule is CC(C)(C)OC1(C(=O)O)CCc2ccccc2C1. The van der Waals surface area contributed by atoms with Crippen LogP contribution < -0.4 is 0 Å². The van der Waals surface area contributed by atoms with Crippen LogP contribution in [-0.4, -0.2) is 22.3 Å². The molecule has 0 bridgehead atoms. The molecule has 18 heavy (non-hydrogen) atoms. The van der Waals surface area contributed by atoms with Crippen molar-refractivity contribution in [3.05, 3.63) is 35.4 Å². The van der Waals surface area contributed by atoms with Crippen molar-refractivity contribution in [2.45, 2.75) is 51.2 Å². The summed E-state index contributed by atoms with van der Waals surface area (Å²) in [5.74, 6) is -0.855.